The van der Waals surface area contributed by atoms with Crippen molar-refractivity contribution in [3.63, 3.8) is 0 Å². The molecule has 3 rings (SSSR count). The molecule has 0 radical (unpaired) electrons. The van der Waals surface area contributed by atoms with Crippen LogP contribution in [0, 0.1) is 5.92 Å². The van der Waals surface area contributed by atoms with Gasteiger partial charge in [-0.2, -0.15) is 4.72 Å². The van der Waals surface area contributed by atoms with E-state index in [2.05, 4.69) is 14.8 Å². The summed E-state index contributed by atoms with van der Waals surface area (Å²) in [6.07, 6.45) is -0.581. The van der Waals surface area contributed by atoms with Crippen molar-refractivity contribution in [2.24, 2.45) is 5.92 Å². The lowest BCUT2D eigenvalue weighted by molar-refractivity contribution is -0.140. The van der Waals surface area contributed by atoms with Crippen LogP contribution >= 0.6 is 11.3 Å². The van der Waals surface area contributed by atoms with Crippen LogP contribution in [0.1, 0.15) is 13.8 Å². The van der Waals surface area contributed by atoms with E-state index in [-0.39, 0.29) is 4.90 Å². The quantitative estimate of drug-likeness (QED) is 0.543. The molecule has 0 aliphatic carbocycles. The van der Waals surface area contributed by atoms with Gasteiger partial charge in [-0.15, -0.1) is 11.3 Å². The number of methoxy groups -OCH3 is 1. The Morgan fingerprint density at radius 1 is 1.07 bits per heavy atom. The summed E-state index contributed by atoms with van der Waals surface area (Å²) in [6.45, 7) is 3.27. The van der Waals surface area contributed by atoms with Gasteiger partial charge in [-0.25, -0.2) is 13.2 Å². The third kappa shape index (κ3) is 4.34. The molecular weight excluding hydrogens is 416 g/mol. The molecule has 2 aromatic carbocycles. The van der Waals surface area contributed by atoms with Gasteiger partial charge < -0.3 is 9.84 Å². The fourth-order valence-corrected chi connectivity index (χ4v) is 5.37. The van der Waals surface area contributed by atoms with Crippen molar-refractivity contribution >= 4 is 59.3 Å². The Balaban J connectivity index is 2.01. The molecule has 0 spiro atoms. The molecule has 3 N–H and O–H groups in total. The Kier molecular flexibility index (Phi) is 5.78. The summed E-state index contributed by atoms with van der Waals surface area (Å²) < 4.78 is 34.0. The zero-order chi connectivity index (χ0) is 21.3. The standard InChI is InChI=1S/C19H20N2O6S2/c1-10(2)17(18(22)23)21-29(25,26)12-5-7-15-14(9-12)13-6-4-11(8-16(13)28-15)20-19(24)27-3/h4-10,17,21H,1-3H3,(H,20,24)(H,22,23)/t17-/m1/s1. The first-order valence-electron chi connectivity index (χ1n) is 8.69. The molecule has 1 heterocycles. The van der Waals surface area contributed by atoms with Gasteiger partial charge in [-0.3, -0.25) is 10.1 Å². The highest BCUT2D eigenvalue weighted by atomic mass is 32.2. The molecule has 3 aromatic rings. The second-order valence-corrected chi connectivity index (χ2v) is 9.57. The second-order valence-electron chi connectivity index (χ2n) is 6.77. The van der Waals surface area contributed by atoms with Crippen LogP contribution in [-0.2, 0) is 19.6 Å². The van der Waals surface area contributed by atoms with E-state index in [0.29, 0.717) is 5.69 Å². The Hall–Kier alpha value is -2.69. The molecule has 8 nitrogen and oxygen atoms in total. The van der Waals surface area contributed by atoms with Crippen molar-refractivity contribution in [2.75, 3.05) is 12.4 Å². The van der Waals surface area contributed by atoms with E-state index in [1.165, 1.54) is 30.6 Å². The van der Waals surface area contributed by atoms with E-state index in [9.17, 15) is 23.1 Å². The van der Waals surface area contributed by atoms with Crippen molar-refractivity contribution in [1.29, 1.82) is 0 Å². The number of aliphatic carboxylic acids is 1. The van der Waals surface area contributed by atoms with Gasteiger partial charge in [0, 0.05) is 25.9 Å². The third-order valence-electron chi connectivity index (χ3n) is 4.40. The van der Waals surface area contributed by atoms with Gasteiger partial charge >= 0.3 is 12.1 Å². The Labute approximate surface area is 171 Å². The van der Waals surface area contributed by atoms with E-state index in [1.807, 2.05) is 0 Å². The highest BCUT2D eigenvalue weighted by Gasteiger charge is 2.28. The van der Waals surface area contributed by atoms with Crippen LogP contribution in [0.25, 0.3) is 20.2 Å². The summed E-state index contributed by atoms with van der Waals surface area (Å²) in [7, 11) is -2.74. The first-order valence-corrected chi connectivity index (χ1v) is 11.0. The number of amides is 1. The van der Waals surface area contributed by atoms with Crippen molar-refractivity contribution in [2.45, 2.75) is 24.8 Å². The lowest BCUT2D eigenvalue weighted by Crippen LogP contribution is -2.44. The number of nitrogens with one attached hydrogen (secondary N) is 2. The molecule has 0 fully saturated rings. The predicted molar refractivity (Wildman–Crippen MR) is 112 cm³/mol. The molecule has 0 bridgehead atoms. The van der Waals surface area contributed by atoms with Gasteiger partial charge in [-0.1, -0.05) is 19.9 Å². The van der Waals surface area contributed by atoms with Gasteiger partial charge in [0.1, 0.15) is 6.04 Å². The Morgan fingerprint density at radius 2 is 1.79 bits per heavy atom. The minimum Gasteiger partial charge on any atom is -0.480 e. The van der Waals surface area contributed by atoms with Gasteiger partial charge in [0.2, 0.25) is 10.0 Å². The average molecular weight is 437 g/mol. The number of hydrogen-bond acceptors (Lipinski definition) is 6. The molecule has 1 amide bonds. The monoisotopic (exact) mass is 436 g/mol. The van der Waals surface area contributed by atoms with E-state index >= 15 is 0 Å². The lowest BCUT2D eigenvalue weighted by atomic mass is 10.1. The van der Waals surface area contributed by atoms with Crippen LogP contribution in [-0.4, -0.2) is 38.7 Å². The number of thiophene rings is 1. The number of carbonyl (C=O) groups excluding carboxylic acids is 1. The van der Waals surface area contributed by atoms with Crippen molar-refractivity contribution < 1.29 is 27.9 Å². The van der Waals surface area contributed by atoms with Crippen molar-refractivity contribution in [3.05, 3.63) is 36.4 Å². The van der Waals surface area contributed by atoms with Crippen LogP contribution in [0.15, 0.2) is 41.3 Å². The average Bonchev–Trinajstić information content (AvgIpc) is 3.02. The SMILES string of the molecule is COC(=O)Nc1ccc2c(c1)sc1ccc(S(=O)(=O)N[C@@H](C(=O)O)C(C)C)cc12. The van der Waals surface area contributed by atoms with E-state index in [0.717, 1.165) is 20.2 Å². The van der Waals surface area contributed by atoms with Crippen LogP contribution in [0.3, 0.4) is 0 Å². The maximum atomic E-state index is 12.7. The smallest absolute Gasteiger partial charge is 0.411 e. The minimum atomic E-state index is -4.01. The Morgan fingerprint density at radius 3 is 2.41 bits per heavy atom. The first kappa shape index (κ1) is 21.0. The maximum Gasteiger partial charge on any atom is 0.411 e. The molecule has 154 valence electrons. The fraction of sp³-hybridized carbons (Fsp3) is 0.263. The third-order valence-corrected chi connectivity index (χ3v) is 6.97. The Bertz CT molecular complexity index is 1200. The highest BCUT2D eigenvalue weighted by Crippen LogP contribution is 2.36. The van der Waals surface area contributed by atoms with Crippen LogP contribution in [0.5, 0.6) is 0 Å². The zero-order valence-electron chi connectivity index (χ0n) is 15.9. The molecule has 0 aliphatic heterocycles. The van der Waals surface area contributed by atoms with E-state index in [1.54, 1.807) is 38.1 Å². The van der Waals surface area contributed by atoms with Crippen LogP contribution in [0.4, 0.5) is 10.5 Å². The van der Waals surface area contributed by atoms with Crippen molar-refractivity contribution in [3.8, 4) is 0 Å². The topological polar surface area (TPSA) is 122 Å². The van der Waals surface area contributed by atoms with Crippen LogP contribution in [0.2, 0.25) is 0 Å². The largest absolute Gasteiger partial charge is 0.480 e. The molecule has 1 atom stereocenters. The molecule has 10 heteroatoms. The predicted octanol–water partition coefficient (Wildman–Crippen LogP) is 3.62. The molecule has 29 heavy (non-hydrogen) atoms. The van der Waals surface area contributed by atoms with E-state index in [4.69, 9.17) is 0 Å². The van der Waals surface area contributed by atoms with Gasteiger partial charge in [-0.05, 0) is 36.2 Å². The van der Waals surface area contributed by atoms with Gasteiger partial charge in [0.15, 0.2) is 0 Å². The molecule has 0 unspecified atom stereocenters. The fourth-order valence-electron chi connectivity index (χ4n) is 2.88. The number of fused-ring (bicyclic) bond motifs is 3. The number of carbonyl (C=O) groups is 2. The number of carboxylic acid groups (broad SMARTS) is 1. The summed E-state index contributed by atoms with van der Waals surface area (Å²) >= 11 is 1.45. The summed E-state index contributed by atoms with van der Waals surface area (Å²) in [5.41, 5.74) is 0.562. The number of carboxylic acids is 1. The van der Waals surface area contributed by atoms with Gasteiger partial charge in [0.05, 0.1) is 12.0 Å². The molecule has 0 aliphatic rings. The number of rotatable bonds is 6. The summed E-state index contributed by atoms with van der Waals surface area (Å²) in [6, 6.07) is 8.72. The molecular formula is C19H20N2O6S2. The summed E-state index contributed by atoms with van der Waals surface area (Å²) in [4.78, 5) is 22.7. The molecule has 1 aromatic heterocycles. The minimum absolute atomic E-state index is 0.00615. The number of hydrogen-bond donors (Lipinski definition) is 3. The maximum absolute atomic E-state index is 12.7. The van der Waals surface area contributed by atoms with Crippen LogP contribution < -0.4 is 10.0 Å². The first-order chi connectivity index (χ1) is 13.6. The highest BCUT2D eigenvalue weighted by molar-refractivity contribution is 7.89. The number of ether oxygens (including phenoxy) is 1. The van der Waals surface area contributed by atoms with Gasteiger partial charge in [0.25, 0.3) is 0 Å². The molecule has 0 saturated heterocycles. The van der Waals surface area contributed by atoms with E-state index < -0.39 is 34.0 Å². The van der Waals surface area contributed by atoms with Crippen molar-refractivity contribution in [1.82, 2.24) is 4.72 Å². The molecule has 0 saturated carbocycles. The lowest BCUT2D eigenvalue weighted by Gasteiger charge is -2.18. The number of anilines is 1. The second kappa shape index (κ2) is 7.97. The summed E-state index contributed by atoms with van der Waals surface area (Å²) in [5, 5.41) is 13.4. The number of sulfonamides is 1. The summed E-state index contributed by atoms with van der Waals surface area (Å²) in [5.74, 6) is -1.63. The number of benzene rings is 2. The zero-order valence-corrected chi connectivity index (χ0v) is 17.6. The normalized spacial score (nSPS) is 13.0.